The third-order valence-electron chi connectivity index (χ3n) is 3.02. The van der Waals surface area contributed by atoms with Gasteiger partial charge >= 0.3 is 11.8 Å². The number of aliphatic carboxylic acids is 1. The van der Waals surface area contributed by atoms with Gasteiger partial charge in [0.1, 0.15) is 11.4 Å². The lowest BCUT2D eigenvalue weighted by Crippen LogP contribution is -2.37. The van der Waals surface area contributed by atoms with Crippen LogP contribution in [0.5, 0.6) is 0 Å². The molecule has 1 N–H and O–H groups in total. The molecule has 1 aromatic rings. The Hall–Kier alpha value is -2.07. The molecule has 1 heterocycles. The molecule has 0 spiro atoms. The summed E-state index contributed by atoms with van der Waals surface area (Å²) in [6.07, 6.45) is 2.60. The van der Waals surface area contributed by atoms with Gasteiger partial charge in [0.2, 0.25) is 10.0 Å². The number of carboxylic acids is 1. The molecule has 9 nitrogen and oxygen atoms in total. The van der Waals surface area contributed by atoms with E-state index in [1.165, 1.54) is 0 Å². The van der Waals surface area contributed by atoms with Gasteiger partial charge in [-0.05, 0) is 34.7 Å². The van der Waals surface area contributed by atoms with Crippen molar-refractivity contribution in [2.45, 2.75) is 17.7 Å². The Balaban J connectivity index is 2.27. The van der Waals surface area contributed by atoms with E-state index in [0.29, 0.717) is 0 Å². The van der Waals surface area contributed by atoms with Gasteiger partial charge in [0.25, 0.3) is 0 Å². The van der Waals surface area contributed by atoms with Crippen LogP contribution < -0.4 is 0 Å². The minimum absolute atomic E-state index is 0.131. The van der Waals surface area contributed by atoms with E-state index in [1.807, 2.05) is 0 Å². The summed E-state index contributed by atoms with van der Waals surface area (Å²) in [5.41, 5.74) is 0. The number of hydrogen-bond acceptors (Lipinski definition) is 6. The van der Waals surface area contributed by atoms with Gasteiger partial charge in [0, 0.05) is 12.6 Å². The third-order valence-corrected chi connectivity index (χ3v) is 4.81. The molecule has 0 bridgehead atoms. The zero-order chi connectivity index (χ0) is 15.6. The number of nitro groups is 1. The summed E-state index contributed by atoms with van der Waals surface area (Å²) in [6.45, 7) is -0.512. The Bertz CT molecular complexity index is 653. The minimum Gasteiger partial charge on any atom is -0.480 e. The summed E-state index contributed by atoms with van der Waals surface area (Å²) in [5, 5.41) is 19.3. The number of hydrogen-bond donors (Lipinski definition) is 1. The van der Waals surface area contributed by atoms with Crippen LogP contribution in [0.25, 0.3) is 0 Å². The molecular weight excluding hydrogens is 302 g/mol. The minimum atomic E-state index is -4.03. The highest BCUT2D eigenvalue weighted by Crippen LogP contribution is 2.31. The smallest absolute Gasteiger partial charge is 0.363 e. The monoisotopic (exact) mass is 315 g/mol. The Morgan fingerprint density at radius 1 is 1.48 bits per heavy atom. The second-order valence-corrected chi connectivity index (χ2v) is 6.68. The van der Waals surface area contributed by atoms with Crippen molar-refractivity contribution in [1.82, 2.24) is 9.29 Å². The fraction of sp³-hybridized carbons (Fsp3) is 0.455. The predicted octanol–water partition coefficient (Wildman–Crippen LogP) is 0.475. The average Bonchev–Trinajstić information content (AvgIpc) is 3.21. The topological polar surface area (TPSA) is 131 Å². The van der Waals surface area contributed by atoms with Crippen molar-refractivity contribution in [3.8, 4) is 0 Å². The van der Waals surface area contributed by atoms with E-state index < -0.39 is 33.3 Å². The molecule has 2 rings (SSSR count). The Kier molecular flexibility index (Phi) is 4.19. The van der Waals surface area contributed by atoms with Crippen LogP contribution in [0.15, 0.2) is 23.2 Å². The predicted molar refractivity (Wildman–Crippen MR) is 70.0 cm³/mol. The lowest BCUT2D eigenvalue weighted by Gasteiger charge is -2.19. The quantitative estimate of drug-likeness (QED) is 0.571. The molecule has 0 radical (unpaired) electrons. The lowest BCUT2D eigenvalue weighted by molar-refractivity contribution is -0.389. The molecule has 114 valence electrons. The fourth-order valence-corrected chi connectivity index (χ4v) is 3.18. The van der Waals surface area contributed by atoms with Crippen molar-refractivity contribution in [2.24, 2.45) is 5.92 Å². The number of pyridine rings is 1. The van der Waals surface area contributed by atoms with Crippen LogP contribution in [0, 0.1) is 16.0 Å². The standard InChI is InChI=1S/C11H13N3O6S/c15-11(16)7-13(6-8-1-2-8)21(19,20)9-3-4-10(12-5-9)14(17)18/h3-5,8H,1-2,6-7H2,(H,15,16). The van der Waals surface area contributed by atoms with Crippen LogP contribution in [0.3, 0.4) is 0 Å². The number of carboxylic acid groups (broad SMARTS) is 1. The van der Waals surface area contributed by atoms with E-state index in [1.54, 1.807) is 0 Å². The number of rotatable bonds is 7. The maximum Gasteiger partial charge on any atom is 0.363 e. The normalized spacial score (nSPS) is 15.1. The molecule has 0 atom stereocenters. The molecule has 10 heteroatoms. The number of aromatic nitrogens is 1. The SMILES string of the molecule is O=C(O)CN(CC1CC1)S(=O)(=O)c1ccc([N+](=O)[O-])nc1. The zero-order valence-electron chi connectivity index (χ0n) is 10.9. The largest absolute Gasteiger partial charge is 0.480 e. The summed E-state index contributed by atoms with van der Waals surface area (Å²) in [4.78, 5) is 23.8. The van der Waals surface area contributed by atoms with Crippen LogP contribution in [0.2, 0.25) is 0 Å². The summed E-state index contributed by atoms with van der Waals surface area (Å²) < 4.78 is 25.6. The van der Waals surface area contributed by atoms with E-state index in [4.69, 9.17) is 5.11 Å². The molecule has 0 aromatic carbocycles. The van der Waals surface area contributed by atoms with Crippen LogP contribution in [-0.2, 0) is 14.8 Å². The summed E-state index contributed by atoms with van der Waals surface area (Å²) in [5.74, 6) is -1.56. The van der Waals surface area contributed by atoms with E-state index in [0.717, 1.165) is 35.5 Å². The highest BCUT2D eigenvalue weighted by molar-refractivity contribution is 7.89. The highest BCUT2D eigenvalue weighted by Gasteiger charge is 2.33. The number of sulfonamides is 1. The van der Waals surface area contributed by atoms with Gasteiger partial charge in [-0.1, -0.05) is 0 Å². The fourth-order valence-electron chi connectivity index (χ4n) is 1.77. The van der Waals surface area contributed by atoms with Crippen molar-refractivity contribution < 1.29 is 23.2 Å². The van der Waals surface area contributed by atoms with Gasteiger partial charge < -0.3 is 15.2 Å². The Morgan fingerprint density at radius 3 is 2.57 bits per heavy atom. The Morgan fingerprint density at radius 2 is 2.14 bits per heavy atom. The molecule has 1 fully saturated rings. The molecular formula is C11H13N3O6S. The van der Waals surface area contributed by atoms with E-state index in [2.05, 4.69) is 4.98 Å². The van der Waals surface area contributed by atoms with E-state index in [-0.39, 0.29) is 17.4 Å². The molecule has 0 unspecified atom stereocenters. The maximum atomic E-state index is 12.4. The summed E-state index contributed by atoms with van der Waals surface area (Å²) in [7, 11) is -4.03. The molecule has 0 amide bonds. The first-order valence-electron chi connectivity index (χ1n) is 6.13. The number of nitrogens with zero attached hydrogens (tertiary/aromatic N) is 3. The maximum absolute atomic E-state index is 12.4. The van der Waals surface area contributed by atoms with Crippen molar-refractivity contribution in [3.05, 3.63) is 28.4 Å². The molecule has 1 aliphatic carbocycles. The zero-order valence-corrected chi connectivity index (χ0v) is 11.7. The van der Waals surface area contributed by atoms with Gasteiger partial charge in [-0.25, -0.2) is 8.42 Å². The first kappa shape index (κ1) is 15.3. The van der Waals surface area contributed by atoms with Gasteiger partial charge in [-0.3, -0.25) is 4.79 Å². The van der Waals surface area contributed by atoms with Crippen LogP contribution in [-0.4, -0.2) is 46.8 Å². The van der Waals surface area contributed by atoms with Crippen molar-refractivity contribution >= 4 is 21.8 Å². The van der Waals surface area contributed by atoms with Gasteiger partial charge in [-0.2, -0.15) is 4.31 Å². The third kappa shape index (κ3) is 3.73. The van der Waals surface area contributed by atoms with Crippen molar-refractivity contribution in [1.29, 1.82) is 0 Å². The van der Waals surface area contributed by atoms with Gasteiger partial charge in [0.05, 0.1) is 0 Å². The molecule has 0 aliphatic heterocycles. The van der Waals surface area contributed by atoms with Crippen molar-refractivity contribution in [3.63, 3.8) is 0 Å². The van der Waals surface area contributed by atoms with Crippen molar-refractivity contribution in [2.75, 3.05) is 13.1 Å². The van der Waals surface area contributed by atoms with Gasteiger partial charge in [-0.15, -0.1) is 0 Å². The van der Waals surface area contributed by atoms with E-state index >= 15 is 0 Å². The lowest BCUT2D eigenvalue weighted by atomic mass is 10.4. The van der Waals surface area contributed by atoms with Gasteiger partial charge in [0.15, 0.2) is 6.20 Å². The summed E-state index contributed by atoms with van der Waals surface area (Å²) >= 11 is 0. The van der Waals surface area contributed by atoms with E-state index in [9.17, 15) is 23.3 Å². The second kappa shape index (κ2) is 5.74. The average molecular weight is 315 g/mol. The molecule has 0 saturated heterocycles. The molecule has 1 aromatic heterocycles. The van der Waals surface area contributed by atoms with Crippen LogP contribution in [0.4, 0.5) is 5.82 Å². The number of carbonyl (C=O) groups is 1. The molecule has 1 saturated carbocycles. The Labute approximate surface area is 120 Å². The van der Waals surface area contributed by atoms with Crippen LogP contribution >= 0.6 is 0 Å². The second-order valence-electron chi connectivity index (χ2n) is 4.74. The summed E-state index contributed by atoms with van der Waals surface area (Å²) in [6, 6.07) is 2.03. The molecule has 1 aliphatic rings. The van der Waals surface area contributed by atoms with Crippen LogP contribution in [0.1, 0.15) is 12.8 Å². The first-order valence-corrected chi connectivity index (χ1v) is 7.57. The molecule has 21 heavy (non-hydrogen) atoms. The first-order chi connectivity index (χ1) is 9.80. The highest BCUT2D eigenvalue weighted by atomic mass is 32.2.